The van der Waals surface area contributed by atoms with Gasteiger partial charge in [-0.05, 0) is 44.9 Å². The monoisotopic (exact) mass is 643 g/mol. The third-order valence-electron chi connectivity index (χ3n) is 7.00. The third-order valence-corrected chi connectivity index (χ3v) is 7.96. The number of phosphoric ester groups is 1. The minimum Gasteiger partial charge on any atom is -0.756 e. The van der Waals surface area contributed by atoms with Gasteiger partial charge < -0.3 is 27.9 Å². The van der Waals surface area contributed by atoms with Crippen LogP contribution in [0.15, 0.2) is 36.5 Å². The Balaban J connectivity index is 3.80. The van der Waals surface area contributed by atoms with E-state index in [0.29, 0.717) is 17.6 Å². The lowest BCUT2D eigenvalue weighted by Crippen LogP contribution is -2.37. The van der Waals surface area contributed by atoms with Crippen LogP contribution in [0.3, 0.4) is 0 Å². The van der Waals surface area contributed by atoms with E-state index in [9.17, 15) is 14.3 Å². The van der Waals surface area contributed by atoms with Gasteiger partial charge in [-0.25, -0.2) is 0 Å². The molecule has 2 atom stereocenters. The summed E-state index contributed by atoms with van der Waals surface area (Å²) in [6.07, 6.45) is 32.4. The van der Waals surface area contributed by atoms with Crippen LogP contribution in [0.2, 0.25) is 0 Å². The van der Waals surface area contributed by atoms with Crippen LogP contribution in [0.4, 0.5) is 0 Å². The average molecular weight is 644 g/mol. The van der Waals surface area contributed by atoms with Crippen molar-refractivity contribution in [2.45, 2.75) is 129 Å². The molecule has 0 fully saturated rings. The number of hydrogen-bond donors (Lipinski definition) is 0. The largest absolute Gasteiger partial charge is 0.756 e. The number of esters is 1. The van der Waals surface area contributed by atoms with Crippen molar-refractivity contribution in [3.05, 3.63) is 36.5 Å². The highest BCUT2D eigenvalue weighted by Gasteiger charge is 2.19. The number of ether oxygens (including phenoxy) is 2. The van der Waals surface area contributed by atoms with E-state index in [1.807, 2.05) is 21.1 Å². The summed E-state index contributed by atoms with van der Waals surface area (Å²) in [4.78, 5) is 23.8. The Morgan fingerprint density at radius 3 is 1.77 bits per heavy atom. The number of carbonyl (C=O) groups is 1. The fraction of sp³-hybridized carbons (Fsp3) is 0.800. The van der Waals surface area contributed by atoms with Crippen LogP contribution in [0.1, 0.15) is 123 Å². The van der Waals surface area contributed by atoms with Gasteiger partial charge in [0.15, 0.2) is 0 Å². The summed E-state index contributed by atoms with van der Waals surface area (Å²) < 4.78 is 33.4. The van der Waals surface area contributed by atoms with Crippen molar-refractivity contribution in [3.63, 3.8) is 0 Å². The fourth-order valence-corrected chi connectivity index (χ4v) is 4.96. The standard InChI is InChI=1S/C35H66NO7P/c1-6-8-9-10-11-12-13-14-15-16-17-18-19-20-21-22-23-24-25-26-27-28-30-40-32-34(43-35(37)7-2)33-42-44(38,39)41-31-29-36(3,4)5/h13-14,16-17,19-20,34H,6-12,15,18,21-33H2,1-5H3/b14-13-,17-16-,20-19-. The quantitative estimate of drug-likeness (QED) is 0.0246. The van der Waals surface area contributed by atoms with Crippen LogP contribution < -0.4 is 4.89 Å². The van der Waals surface area contributed by atoms with Gasteiger partial charge in [-0.3, -0.25) is 9.36 Å². The maximum Gasteiger partial charge on any atom is 0.305 e. The molecule has 0 bridgehead atoms. The van der Waals surface area contributed by atoms with Crippen LogP contribution in [-0.2, 0) is 27.9 Å². The maximum atomic E-state index is 12.0. The van der Waals surface area contributed by atoms with E-state index in [1.165, 1.54) is 70.6 Å². The molecule has 0 spiro atoms. The van der Waals surface area contributed by atoms with E-state index in [0.717, 1.165) is 32.1 Å². The van der Waals surface area contributed by atoms with Crippen molar-refractivity contribution >= 4 is 13.8 Å². The first-order chi connectivity index (χ1) is 21.1. The molecule has 0 saturated carbocycles. The molecular formula is C35H66NO7P. The summed E-state index contributed by atoms with van der Waals surface area (Å²) in [5.41, 5.74) is 0. The van der Waals surface area contributed by atoms with Crippen LogP contribution in [0, 0.1) is 0 Å². The lowest BCUT2D eigenvalue weighted by Gasteiger charge is -2.28. The summed E-state index contributed by atoms with van der Waals surface area (Å²) in [7, 11) is 1.33. The van der Waals surface area contributed by atoms with Crippen molar-refractivity contribution in [1.29, 1.82) is 0 Å². The Bertz CT molecular complexity index is 807. The molecule has 0 heterocycles. The Kier molecular flexibility index (Phi) is 28.3. The third kappa shape index (κ3) is 32.1. The molecule has 0 rings (SSSR count). The molecule has 0 aliphatic carbocycles. The molecule has 0 aromatic carbocycles. The molecule has 0 aliphatic rings. The number of hydrogen-bond acceptors (Lipinski definition) is 7. The molecule has 258 valence electrons. The summed E-state index contributed by atoms with van der Waals surface area (Å²) in [6.45, 7) is 4.77. The number of nitrogens with zero attached hydrogens (tertiary/aromatic N) is 1. The highest BCUT2D eigenvalue weighted by atomic mass is 31.2. The van der Waals surface area contributed by atoms with Gasteiger partial charge in [0.2, 0.25) is 0 Å². The SMILES string of the molecule is CCCCCCC/C=C\C/C=C\C/C=C\CCCCCCCCCOCC(COP(=O)([O-])OCC[N+](C)(C)C)OC(=O)CC. The molecule has 44 heavy (non-hydrogen) atoms. The number of carbonyl (C=O) groups excluding carboxylic acids is 1. The van der Waals surface area contributed by atoms with Gasteiger partial charge in [-0.15, -0.1) is 0 Å². The lowest BCUT2D eigenvalue weighted by molar-refractivity contribution is -0.870. The summed E-state index contributed by atoms with van der Waals surface area (Å²) in [6, 6.07) is 0. The minimum absolute atomic E-state index is 0.0207. The summed E-state index contributed by atoms with van der Waals surface area (Å²) >= 11 is 0. The van der Waals surface area contributed by atoms with E-state index in [2.05, 4.69) is 43.4 Å². The first-order valence-corrected chi connectivity index (χ1v) is 18.7. The zero-order chi connectivity index (χ0) is 32.8. The average Bonchev–Trinajstić information content (AvgIpc) is 2.97. The van der Waals surface area contributed by atoms with Gasteiger partial charge in [0.25, 0.3) is 7.82 Å². The summed E-state index contributed by atoms with van der Waals surface area (Å²) in [5.74, 6) is -0.428. The molecule has 8 nitrogen and oxygen atoms in total. The highest BCUT2D eigenvalue weighted by molar-refractivity contribution is 7.45. The van der Waals surface area contributed by atoms with Crippen LogP contribution in [0.25, 0.3) is 0 Å². The van der Waals surface area contributed by atoms with Crippen molar-refractivity contribution in [2.24, 2.45) is 0 Å². The molecule has 0 aromatic rings. The molecular weight excluding hydrogens is 577 g/mol. The normalized spacial score (nSPS) is 14.6. The van der Waals surface area contributed by atoms with Gasteiger partial charge >= 0.3 is 5.97 Å². The lowest BCUT2D eigenvalue weighted by atomic mass is 10.1. The number of quaternary nitrogens is 1. The number of likely N-dealkylation sites (N-methyl/N-ethyl adjacent to an activating group) is 1. The molecule has 0 aromatic heterocycles. The highest BCUT2D eigenvalue weighted by Crippen LogP contribution is 2.38. The Morgan fingerprint density at radius 1 is 0.705 bits per heavy atom. The van der Waals surface area contributed by atoms with E-state index < -0.39 is 19.9 Å². The molecule has 9 heteroatoms. The zero-order valence-electron chi connectivity index (χ0n) is 28.8. The predicted octanol–water partition coefficient (Wildman–Crippen LogP) is 8.46. The van der Waals surface area contributed by atoms with Crippen molar-refractivity contribution < 1.29 is 37.3 Å². The van der Waals surface area contributed by atoms with Crippen molar-refractivity contribution in [3.8, 4) is 0 Å². The number of unbranched alkanes of at least 4 members (excludes halogenated alkanes) is 12. The molecule has 2 unspecified atom stereocenters. The second-order valence-electron chi connectivity index (χ2n) is 12.5. The number of phosphoric acid groups is 1. The van der Waals surface area contributed by atoms with Crippen LogP contribution >= 0.6 is 7.82 Å². The molecule has 0 saturated heterocycles. The maximum absolute atomic E-state index is 12.0. The van der Waals surface area contributed by atoms with Crippen molar-refractivity contribution in [1.82, 2.24) is 0 Å². The molecule has 0 radical (unpaired) electrons. The van der Waals surface area contributed by atoms with Gasteiger partial charge in [-0.2, -0.15) is 0 Å². The van der Waals surface area contributed by atoms with Crippen LogP contribution in [-0.4, -0.2) is 70.7 Å². The Labute approximate surface area is 270 Å². The number of allylic oxidation sites excluding steroid dienone is 6. The fourth-order valence-electron chi connectivity index (χ4n) is 4.23. The van der Waals surface area contributed by atoms with Crippen molar-refractivity contribution in [2.75, 3.05) is 54.1 Å². The zero-order valence-corrected chi connectivity index (χ0v) is 29.7. The predicted molar refractivity (Wildman–Crippen MR) is 180 cm³/mol. The summed E-state index contributed by atoms with van der Waals surface area (Å²) in [5, 5.41) is 0. The Hall–Kier alpha value is -1.28. The molecule has 0 aliphatic heterocycles. The second kappa shape index (κ2) is 29.1. The first kappa shape index (κ1) is 42.7. The van der Waals surface area contributed by atoms with E-state index in [-0.39, 0.29) is 26.2 Å². The van der Waals surface area contributed by atoms with E-state index in [4.69, 9.17) is 18.5 Å². The van der Waals surface area contributed by atoms with Crippen LogP contribution in [0.5, 0.6) is 0 Å². The number of rotatable bonds is 31. The minimum atomic E-state index is -4.48. The second-order valence-corrected chi connectivity index (χ2v) is 13.9. The van der Waals surface area contributed by atoms with Gasteiger partial charge in [-0.1, -0.05) is 108 Å². The topological polar surface area (TPSA) is 94.1 Å². The van der Waals surface area contributed by atoms with Gasteiger partial charge in [0.1, 0.15) is 19.3 Å². The Morgan fingerprint density at radius 2 is 1.23 bits per heavy atom. The molecule has 0 N–H and O–H groups in total. The van der Waals surface area contributed by atoms with E-state index >= 15 is 0 Å². The molecule has 0 amide bonds. The van der Waals surface area contributed by atoms with E-state index in [1.54, 1.807) is 6.92 Å². The first-order valence-electron chi connectivity index (χ1n) is 17.2. The van der Waals surface area contributed by atoms with Gasteiger partial charge in [0.05, 0.1) is 34.4 Å². The smallest absolute Gasteiger partial charge is 0.305 e. The van der Waals surface area contributed by atoms with Gasteiger partial charge in [0, 0.05) is 13.0 Å².